The van der Waals surface area contributed by atoms with Gasteiger partial charge in [0.05, 0.1) is 23.3 Å². The van der Waals surface area contributed by atoms with Crippen molar-refractivity contribution >= 4 is 16.8 Å². The summed E-state index contributed by atoms with van der Waals surface area (Å²) in [5.74, 6) is -0.123. The Morgan fingerprint density at radius 3 is 2.57 bits per heavy atom. The van der Waals surface area contributed by atoms with Crippen molar-refractivity contribution in [3.63, 3.8) is 0 Å². The number of aromatic amines is 1. The van der Waals surface area contributed by atoms with Crippen molar-refractivity contribution in [2.75, 3.05) is 0 Å². The lowest BCUT2D eigenvalue weighted by Crippen LogP contribution is -2.19. The smallest absolute Gasteiger partial charge is 0.209 e. The van der Waals surface area contributed by atoms with Crippen LogP contribution in [0, 0.1) is 0 Å². The van der Waals surface area contributed by atoms with Gasteiger partial charge in [0, 0.05) is 11.1 Å². The molecule has 4 aromatic rings. The first-order valence-electron chi connectivity index (χ1n) is 9.45. The van der Waals surface area contributed by atoms with E-state index in [0.29, 0.717) is 40.7 Å². The topological polar surface area (TPSA) is 67.8 Å². The second-order valence-corrected chi connectivity index (χ2v) is 7.23. The van der Waals surface area contributed by atoms with E-state index >= 15 is 0 Å². The largest absolute Gasteiger partial charge is 0.336 e. The quantitative estimate of drug-likeness (QED) is 0.586. The average Bonchev–Trinajstić information content (AvgIpc) is 3.11. The molecule has 0 amide bonds. The van der Waals surface area contributed by atoms with Crippen LogP contribution in [0.15, 0.2) is 65.6 Å². The summed E-state index contributed by atoms with van der Waals surface area (Å²) >= 11 is 0. The Balaban J connectivity index is 1.72. The van der Waals surface area contributed by atoms with E-state index < -0.39 is 0 Å². The Hall–Kier alpha value is -3.47. The molecule has 0 radical (unpaired) electrons. The van der Waals surface area contributed by atoms with Gasteiger partial charge < -0.3 is 4.98 Å². The number of H-pyrrole nitrogens is 1. The number of hydrogen-bond donors (Lipinski definition) is 1. The molecule has 28 heavy (non-hydrogen) atoms. The number of carbonyl (C=O) groups is 1. The van der Waals surface area contributed by atoms with Crippen molar-refractivity contribution in [2.45, 2.75) is 25.8 Å². The third-order valence-electron chi connectivity index (χ3n) is 5.64. The molecule has 138 valence electrons. The van der Waals surface area contributed by atoms with Crippen molar-refractivity contribution in [2.24, 2.45) is 0 Å². The fourth-order valence-corrected chi connectivity index (χ4v) is 4.08. The van der Waals surface area contributed by atoms with Crippen LogP contribution in [0.25, 0.3) is 11.0 Å². The third kappa shape index (κ3) is 2.43. The number of hydrogen-bond acceptors (Lipinski definition) is 3. The van der Waals surface area contributed by atoms with Gasteiger partial charge in [0.25, 0.3) is 0 Å². The van der Waals surface area contributed by atoms with Crippen LogP contribution < -0.4 is 5.43 Å². The van der Waals surface area contributed by atoms with E-state index in [2.05, 4.69) is 10.1 Å². The van der Waals surface area contributed by atoms with E-state index in [1.54, 1.807) is 10.9 Å². The van der Waals surface area contributed by atoms with Gasteiger partial charge in [-0.3, -0.25) is 9.59 Å². The molecule has 5 rings (SSSR count). The van der Waals surface area contributed by atoms with Gasteiger partial charge in [-0.15, -0.1) is 0 Å². The minimum atomic E-state index is -0.123. The molecule has 1 unspecified atom stereocenters. The van der Waals surface area contributed by atoms with Crippen LogP contribution >= 0.6 is 0 Å². The first-order chi connectivity index (χ1) is 13.6. The van der Waals surface area contributed by atoms with Crippen LogP contribution in [-0.4, -0.2) is 20.5 Å². The number of rotatable bonds is 2. The summed E-state index contributed by atoms with van der Waals surface area (Å²) in [7, 11) is 0. The molecule has 0 bridgehead atoms. The molecule has 2 heterocycles. The highest BCUT2D eigenvalue weighted by Crippen LogP contribution is 2.25. The molecule has 0 fully saturated rings. The normalized spacial score (nSPS) is 14.4. The van der Waals surface area contributed by atoms with Crippen LogP contribution in [0.3, 0.4) is 0 Å². The maximum Gasteiger partial charge on any atom is 0.209 e. The molecule has 1 aliphatic rings. The number of carbonyl (C=O) groups excluding carboxylic acids is 1. The van der Waals surface area contributed by atoms with E-state index in [0.717, 1.165) is 11.1 Å². The van der Waals surface area contributed by atoms with Crippen LogP contribution in [0.5, 0.6) is 0 Å². The SMILES string of the molecule is CC(c1ccccc1)n1ncc2c(=O)c3c([nH]c21)C(=O)c1ccccc1CC3. The summed E-state index contributed by atoms with van der Waals surface area (Å²) in [6, 6.07) is 17.5. The maximum atomic E-state index is 13.2. The summed E-state index contributed by atoms with van der Waals surface area (Å²) in [6.45, 7) is 2.03. The zero-order valence-electron chi connectivity index (χ0n) is 15.5. The van der Waals surface area contributed by atoms with Crippen LogP contribution in [0.1, 0.15) is 45.7 Å². The number of pyridine rings is 1. The first kappa shape index (κ1) is 16.7. The molecule has 5 nitrogen and oxygen atoms in total. The van der Waals surface area contributed by atoms with Crippen LogP contribution in [0.4, 0.5) is 0 Å². The number of nitrogens with zero attached hydrogens (tertiary/aromatic N) is 2. The van der Waals surface area contributed by atoms with Crippen LogP contribution in [-0.2, 0) is 12.8 Å². The fraction of sp³-hybridized carbons (Fsp3) is 0.174. The molecule has 2 aromatic carbocycles. The summed E-state index contributed by atoms with van der Waals surface area (Å²) < 4.78 is 1.79. The van der Waals surface area contributed by atoms with Gasteiger partial charge in [-0.05, 0) is 30.9 Å². The molecule has 0 saturated carbocycles. The standard InChI is InChI=1S/C23H19N3O2/c1-14(15-7-3-2-4-8-15)26-23-19(13-24-26)21(27)18-12-11-16-9-5-6-10-17(16)22(28)20(18)25-23/h2-10,13-14H,11-12H2,1H3,(H,25,27). The van der Waals surface area contributed by atoms with Crippen molar-refractivity contribution in [1.82, 2.24) is 14.8 Å². The number of aryl methyl sites for hydroxylation is 1. The van der Waals surface area contributed by atoms with E-state index in [4.69, 9.17) is 0 Å². The average molecular weight is 369 g/mol. The molecule has 0 saturated heterocycles. The van der Waals surface area contributed by atoms with Gasteiger partial charge in [-0.2, -0.15) is 5.10 Å². The van der Waals surface area contributed by atoms with Gasteiger partial charge in [0.1, 0.15) is 5.65 Å². The minimum absolute atomic E-state index is 0.0689. The molecule has 1 N–H and O–H groups in total. The van der Waals surface area contributed by atoms with Crippen molar-refractivity contribution < 1.29 is 4.79 Å². The predicted molar refractivity (Wildman–Crippen MR) is 108 cm³/mol. The molecule has 0 spiro atoms. The number of nitrogens with one attached hydrogen (secondary N) is 1. The highest BCUT2D eigenvalue weighted by Gasteiger charge is 2.26. The zero-order chi connectivity index (χ0) is 19.3. The Bertz CT molecular complexity index is 1270. The number of fused-ring (bicyclic) bond motifs is 3. The van der Waals surface area contributed by atoms with Crippen molar-refractivity contribution in [1.29, 1.82) is 0 Å². The van der Waals surface area contributed by atoms with Gasteiger partial charge in [0.2, 0.25) is 5.78 Å². The summed E-state index contributed by atoms with van der Waals surface area (Å²) in [5.41, 5.74) is 4.17. The fourth-order valence-electron chi connectivity index (χ4n) is 4.08. The van der Waals surface area contributed by atoms with E-state index in [1.165, 1.54) is 0 Å². The molecule has 1 atom stereocenters. The third-order valence-corrected chi connectivity index (χ3v) is 5.64. The zero-order valence-corrected chi connectivity index (χ0v) is 15.5. The van der Waals surface area contributed by atoms with Gasteiger partial charge >= 0.3 is 0 Å². The molecular weight excluding hydrogens is 350 g/mol. The van der Waals surface area contributed by atoms with Gasteiger partial charge in [-0.25, -0.2) is 4.68 Å². The summed E-state index contributed by atoms with van der Waals surface area (Å²) in [4.78, 5) is 29.6. The Morgan fingerprint density at radius 2 is 1.75 bits per heavy atom. The van der Waals surface area contributed by atoms with Crippen molar-refractivity contribution in [3.8, 4) is 0 Å². The molecule has 5 heteroatoms. The number of benzene rings is 2. The van der Waals surface area contributed by atoms with E-state index in [1.807, 2.05) is 61.5 Å². The number of aromatic nitrogens is 3. The predicted octanol–water partition coefficient (Wildman–Crippen LogP) is 3.66. The highest BCUT2D eigenvalue weighted by atomic mass is 16.1. The van der Waals surface area contributed by atoms with E-state index in [-0.39, 0.29) is 17.3 Å². The van der Waals surface area contributed by atoms with E-state index in [9.17, 15) is 9.59 Å². The molecule has 2 aromatic heterocycles. The lowest BCUT2D eigenvalue weighted by Gasteiger charge is -2.14. The minimum Gasteiger partial charge on any atom is -0.336 e. The Labute approximate surface area is 161 Å². The Morgan fingerprint density at radius 1 is 1.00 bits per heavy atom. The van der Waals surface area contributed by atoms with Crippen molar-refractivity contribution in [3.05, 3.63) is 99.0 Å². The summed E-state index contributed by atoms with van der Waals surface area (Å²) in [5, 5.41) is 5.00. The summed E-state index contributed by atoms with van der Waals surface area (Å²) in [6.07, 6.45) is 2.83. The lowest BCUT2D eigenvalue weighted by molar-refractivity contribution is 0.103. The lowest BCUT2D eigenvalue weighted by atomic mass is 10.0. The molecule has 1 aliphatic carbocycles. The second kappa shape index (κ2) is 6.30. The first-order valence-corrected chi connectivity index (χ1v) is 9.45. The monoisotopic (exact) mass is 369 g/mol. The molecular formula is C23H19N3O2. The van der Waals surface area contributed by atoms with Crippen LogP contribution in [0.2, 0.25) is 0 Å². The second-order valence-electron chi connectivity index (χ2n) is 7.23. The highest BCUT2D eigenvalue weighted by molar-refractivity contribution is 6.10. The van der Waals surface area contributed by atoms with Gasteiger partial charge in [0.15, 0.2) is 5.43 Å². The number of ketones is 1. The Kier molecular flexibility index (Phi) is 3.76. The molecule has 0 aliphatic heterocycles. The maximum absolute atomic E-state index is 13.2. The van der Waals surface area contributed by atoms with Gasteiger partial charge in [-0.1, -0.05) is 54.6 Å².